The highest BCUT2D eigenvalue weighted by Gasteiger charge is 2.49. The van der Waals surface area contributed by atoms with Gasteiger partial charge in [-0.2, -0.15) is 13.2 Å². The first-order valence-electron chi connectivity index (χ1n) is 4.24. The molecule has 1 fully saturated rings. The number of halogens is 3. The van der Waals surface area contributed by atoms with Crippen molar-refractivity contribution >= 4 is 5.97 Å². The SMILES string of the molecule is O=C(O)C1(CC(F)(F)F)CCCOC1. The van der Waals surface area contributed by atoms with Gasteiger partial charge in [0.2, 0.25) is 0 Å². The van der Waals surface area contributed by atoms with Crippen molar-refractivity contribution in [3.63, 3.8) is 0 Å². The van der Waals surface area contributed by atoms with E-state index in [1.165, 1.54) is 0 Å². The summed E-state index contributed by atoms with van der Waals surface area (Å²) in [5, 5.41) is 8.77. The van der Waals surface area contributed by atoms with E-state index in [0.717, 1.165) is 0 Å². The Balaban J connectivity index is 2.76. The third-order valence-corrected chi connectivity index (χ3v) is 2.31. The maximum absolute atomic E-state index is 12.1. The Morgan fingerprint density at radius 2 is 2.14 bits per heavy atom. The van der Waals surface area contributed by atoms with Crippen LogP contribution < -0.4 is 0 Å². The molecule has 1 rings (SSSR count). The zero-order chi connectivity index (χ0) is 10.8. The summed E-state index contributed by atoms with van der Waals surface area (Å²) < 4.78 is 41.2. The number of aliphatic carboxylic acids is 1. The second kappa shape index (κ2) is 3.76. The van der Waals surface area contributed by atoms with E-state index in [1.807, 2.05) is 0 Å². The normalized spacial score (nSPS) is 28.8. The van der Waals surface area contributed by atoms with Gasteiger partial charge < -0.3 is 9.84 Å². The summed E-state index contributed by atoms with van der Waals surface area (Å²) in [5.41, 5.74) is -1.77. The minimum Gasteiger partial charge on any atom is -0.481 e. The van der Waals surface area contributed by atoms with Crippen LogP contribution >= 0.6 is 0 Å². The van der Waals surface area contributed by atoms with Gasteiger partial charge in [0.1, 0.15) is 0 Å². The molecule has 0 bridgehead atoms. The number of ether oxygens (including phenoxy) is 1. The van der Waals surface area contributed by atoms with Gasteiger partial charge in [-0.25, -0.2) is 0 Å². The summed E-state index contributed by atoms with van der Waals surface area (Å²) in [7, 11) is 0. The van der Waals surface area contributed by atoms with Crippen LogP contribution in [0.25, 0.3) is 0 Å². The molecule has 82 valence electrons. The fraction of sp³-hybridized carbons (Fsp3) is 0.875. The van der Waals surface area contributed by atoms with E-state index in [0.29, 0.717) is 13.0 Å². The average Bonchev–Trinajstić information content (AvgIpc) is 2.02. The zero-order valence-electron chi connectivity index (χ0n) is 7.43. The highest BCUT2D eigenvalue weighted by molar-refractivity contribution is 5.75. The van der Waals surface area contributed by atoms with Crippen molar-refractivity contribution in [1.29, 1.82) is 0 Å². The van der Waals surface area contributed by atoms with Gasteiger partial charge in [0.15, 0.2) is 0 Å². The molecule has 3 nitrogen and oxygen atoms in total. The number of carbonyl (C=O) groups is 1. The Bertz CT molecular complexity index is 218. The van der Waals surface area contributed by atoms with Crippen molar-refractivity contribution in [2.24, 2.45) is 5.41 Å². The molecular formula is C8H11F3O3. The largest absolute Gasteiger partial charge is 0.481 e. The van der Waals surface area contributed by atoms with E-state index < -0.39 is 24.0 Å². The fourth-order valence-electron chi connectivity index (χ4n) is 1.62. The summed E-state index contributed by atoms with van der Waals surface area (Å²) in [6, 6.07) is 0. The molecule has 0 aromatic heterocycles. The summed E-state index contributed by atoms with van der Waals surface area (Å²) in [5.74, 6) is -1.42. The van der Waals surface area contributed by atoms with Crippen LogP contribution in [0.5, 0.6) is 0 Å². The fourth-order valence-corrected chi connectivity index (χ4v) is 1.62. The molecule has 1 atom stereocenters. The Kier molecular flexibility index (Phi) is 3.04. The maximum Gasteiger partial charge on any atom is 0.390 e. The lowest BCUT2D eigenvalue weighted by Crippen LogP contribution is -2.42. The molecular weight excluding hydrogens is 201 g/mol. The molecule has 1 aliphatic rings. The second-order valence-electron chi connectivity index (χ2n) is 3.53. The van der Waals surface area contributed by atoms with Gasteiger partial charge >= 0.3 is 12.1 Å². The molecule has 0 radical (unpaired) electrons. The molecule has 0 spiro atoms. The Labute approximate surface area is 78.9 Å². The third-order valence-electron chi connectivity index (χ3n) is 2.31. The van der Waals surface area contributed by atoms with Gasteiger partial charge in [-0.3, -0.25) is 4.79 Å². The van der Waals surface area contributed by atoms with Crippen LogP contribution in [0.1, 0.15) is 19.3 Å². The summed E-state index contributed by atoms with van der Waals surface area (Å²) in [4.78, 5) is 10.8. The molecule has 0 aromatic rings. The van der Waals surface area contributed by atoms with Crippen LogP contribution in [0.15, 0.2) is 0 Å². The van der Waals surface area contributed by atoms with Crippen molar-refractivity contribution in [2.75, 3.05) is 13.2 Å². The van der Waals surface area contributed by atoms with E-state index in [4.69, 9.17) is 9.84 Å². The van der Waals surface area contributed by atoms with Crippen LogP contribution in [-0.4, -0.2) is 30.5 Å². The number of alkyl halides is 3. The van der Waals surface area contributed by atoms with Gasteiger partial charge in [-0.05, 0) is 12.8 Å². The number of carboxylic acid groups (broad SMARTS) is 1. The smallest absolute Gasteiger partial charge is 0.390 e. The molecule has 14 heavy (non-hydrogen) atoms. The standard InChI is InChI=1S/C8H11F3O3/c9-8(10,11)4-7(6(12)13)2-1-3-14-5-7/h1-5H2,(H,12,13). The molecule has 1 saturated heterocycles. The Hall–Kier alpha value is -0.780. The van der Waals surface area contributed by atoms with Gasteiger partial charge in [0.05, 0.1) is 18.4 Å². The predicted molar refractivity (Wildman–Crippen MR) is 40.8 cm³/mol. The zero-order valence-corrected chi connectivity index (χ0v) is 7.43. The van der Waals surface area contributed by atoms with Crippen molar-refractivity contribution in [3.05, 3.63) is 0 Å². The summed E-state index contributed by atoms with van der Waals surface area (Å²) in [6.45, 7) is -0.00523. The van der Waals surface area contributed by atoms with Crippen LogP contribution in [0.3, 0.4) is 0 Å². The molecule has 6 heteroatoms. The van der Waals surface area contributed by atoms with Crippen molar-refractivity contribution in [2.45, 2.75) is 25.4 Å². The minimum atomic E-state index is -4.46. The van der Waals surface area contributed by atoms with Gasteiger partial charge in [-0.1, -0.05) is 0 Å². The summed E-state index contributed by atoms with van der Waals surface area (Å²) >= 11 is 0. The highest BCUT2D eigenvalue weighted by atomic mass is 19.4. The van der Waals surface area contributed by atoms with Crippen LogP contribution in [0.4, 0.5) is 13.2 Å². The van der Waals surface area contributed by atoms with Gasteiger partial charge in [0.25, 0.3) is 0 Å². The van der Waals surface area contributed by atoms with Crippen LogP contribution in [-0.2, 0) is 9.53 Å². The topological polar surface area (TPSA) is 46.5 Å². The first-order valence-corrected chi connectivity index (χ1v) is 4.24. The lowest BCUT2D eigenvalue weighted by atomic mass is 9.79. The Morgan fingerprint density at radius 1 is 1.50 bits per heavy atom. The van der Waals surface area contributed by atoms with Gasteiger partial charge in [-0.15, -0.1) is 0 Å². The lowest BCUT2D eigenvalue weighted by molar-refractivity contribution is -0.192. The van der Waals surface area contributed by atoms with E-state index in [-0.39, 0.29) is 13.0 Å². The first-order chi connectivity index (χ1) is 6.36. The van der Waals surface area contributed by atoms with E-state index >= 15 is 0 Å². The molecule has 0 amide bonds. The van der Waals surface area contributed by atoms with Crippen LogP contribution in [0, 0.1) is 5.41 Å². The molecule has 0 aromatic carbocycles. The predicted octanol–water partition coefficient (Wildman–Crippen LogP) is 1.82. The quantitative estimate of drug-likeness (QED) is 0.759. The first kappa shape index (κ1) is 11.3. The van der Waals surface area contributed by atoms with E-state index in [9.17, 15) is 18.0 Å². The van der Waals surface area contributed by atoms with Crippen molar-refractivity contribution < 1.29 is 27.8 Å². The number of rotatable bonds is 2. The molecule has 1 N–H and O–H groups in total. The monoisotopic (exact) mass is 212 g/mol. The minimum absolute atomic E-state index is 0.0296. The van der Waals surface area contributed by atoms with Crippen molar-refractivity contribution in [1.82, 2.24) is 0 Å². The van der Waals surface area contributed by atoms with Crippen LogP contribution in [0.2, 0.25) is 0 Å². The molecule has 0 saturated carbocycles. The number of hydrogen-bond acceptors (Lipinski definition) is 2. The lowest BCUT2D eigenvalue weighted by Gasteiger charge is -2.33. The van der Waals surface area contributed by atoms with Gasteiger partial charge in [0, 0.05) is 6.61 Å². The van der Waals surface area contributed by atoms with E-state index in [1.54, 1.807) is 0 Å². The molecule has 1 aliphatic heterocycles. The maximum atomic E-state index is 12.1. The highest BCUT2D eigenvalue weighted by Crippen LogP contribution is 2.39. The number of hydrogen-bond donors (Lipinski definition) is 1. The summed E-state index contributed by atoms with van der Waals surface area (Å²) in [6.07, 6.45) is -5.38. The Morgan fingerprint density at radius 3 is 2.50 bits per heavy atom. The molecule has 0 aliphatic carbocycles. The van der Waals surface area contributed by atoms with E-state index in [2.05, 4.69) is 0 Å². The molecule has 1 unspecified atom stereocenters. The second-order valence-corrected chi connectivity index (χ2v) is 3.53. The number of carboxylic acids is 1. The molecule has 1 heterocycles. The third kappa shape index (κ3) is 2.60. The average molecular weight is 212 g/mol. The van der Waals surface area contributed by atoms with Crippen molar-refractivity contribution in [3.8, 4) is 0 Å².